The molecule has 0 saturated carbocycles. The Balaban J connectivity index is 1.93. The Morgan fingerprint density at radius 1 is 1.04 bits per heavy atom. The minimum absolute atomic E-state index is 0.288. The van der Waals surface area contributed by atoms with E-state index in [1.54, 1.807) is 37.5 Å². The van der Waals surface area contributed by atoms with Crippen LogP contribution in [0.2, 0.25) is 0 Å². The molecule has 0 radical (unpaired) electrons. The van der Waals surface area contributed by atoms with Crippen molar-refractivity contribution in [2.45, 2.75) is 13.0 Å². The van der Waals surface area contributed by atoms with Gasteiger partial charge in [0.05, 0.1) is 7.11 Å². The molecule has 0 unspecified atom stereocenters. The molecule has 124 valence electrons. The molecule has 2 aromatic rings. The smallest absolute Gasteiger partial charge is 0.331 e. The number of carbonyl (C=O) groups is 2. The molecule has 0 aliphatic heterocycles. The molecule has 5 heteroatoms. The van der Waals surface area contributed by atoms with Gasteiger partial charge in [0.2, 0.25) is 5.78 Å². The third-order valence-corrected chi connectivity index (χ3v) is 3.32. The molecule has 0 aliphatic rings. The molecule has 0 saturated heterocycles. The molecule has 4 nitrogen and oxygen atoms in total. The molecule has 2 rings (SSSR count). The second kappa shape index (κ2) is 8.06. The fraction of sp³-hybridized carbons (Fsp3) is 0.158. The number of ketones is 1. The predicted molar refractivity (Wildman–Crippen MR) is 88.3 cm³/mol. The van der Waals surface area contributed by atoms with Gasteiger partial charge in [-0.25, -0.2) is 9.18 Å². The van der Waals surface area contributed by atoms with Gasteiger partial charge in [-0.1, -0.05) is 12.1 Å². The van der Waals surface area contributed by atoms with Crippen LogP contribution in [0.1, 0.15) is 22.8 Å². The van der Waals surface area contributed by atoms with Gasteiger partial charge in [-0.15, -0.1) is 0 Å². The predicted octanol–water partition coefficient (Wildman–Crippen LogP) is 3.66. The first-order chi connectivity index (χ1) is 11.5. The lowest BCUT2D eigenvalue weighted by molar-refractivity contribution is -0.140. The number of carbonyl (C=O) groups excluding carboxylic acids is 2. The summed E-state index contributed by atoms with van der Waals surface area (Å²) in [6.45, 7) is 1.48. The van der Waals surface area contributed by atoms with Crippen LogP contribution >= 0.6 is 0 Å². The van der Waals surface area contributed by atoms with Crippen molar-refractivity contribution in [3.05, 3.63) is 71.6 Å². The second-order valence-corrected chi connectivity index (χ2v) is 5.06. The summed E-state index contributed by atoms with van der Waals surface area (Å²) in [5.41, 5.74) is 1.08. The summed E-state index contributed by atoms with van der Waals surface area (Å²) in [6, 6.07) is 12.2. The number of benzene rings is 2. The maximum atomic E-state index is 12.9. The zero-order chi connectivity index (χ0) is 17.5. The average Bonchev–Trinajstić information content (AvgIpc) is 2.60. The molecule has 0 heterocycles. The molecule has 1 atom stereocenters. The van der Waals surface area contributed by atoms with Gasteiger partial charge in [-0.3, -0.25) is 4.79 Å². The number of hydrogen-bond acceptors (Lipinski definition) is 4. The van der Waals surface area contributed by atoms with Crippen molar-refractivity contribution in [3.8, 4) is 5.75 Å². The van der Waals surface area contributed by atoms with E-state index in [4.69, 9.17) is 9.47 Å². The van der Waals surface area contributed by atoms with E-state index >= 15 is 0 Å². The molecule has 0 amide bonds. The maximum absolute atomic E-state index is 12.9. The Morgan fingerprint density at radius 2 is 1.67 bits per heavy atom. The van der Waals surface area contributed by atoms with Crippen molar-refractivity contribution in [1.29, 1.82) is 0 Å². The van der Waals surface area contributed by atoms with Crippen molar-refractivity contribution in [1.82, 2.24) is 0 Å². The molecule has 0 bridgehead atoms. The Labute approximate surface area is 139 Å². The lowest BCUT2D eigenvalue weighted by Gasteiger charge is -2.10. The largest absolute Gasteiger partial charge is 0.497 e. The second-order valence-electron chi connectivity index (χ2n) is 5.06. The minimum Gasteiger partial charge on any atom is -0.497 e. The summed E-state index contributed by atoms with van der Waals surface area (Å²) in [7, 11) is 1.57. The third-order valence-electron chi connectivity index (χ3n) is 3.32. The minimum atomic E-state index is -0.955. The lowest BCUT2D eigenvalue weighted by atomic mass is 10.1. The van der Waals surface area contributed by atoms with E-state index in [0.717, 1.165) is 5.56 Å². The first kappa shape index (κ1) is 17.4. The van der Waals surface area contributed by atoms with Crippen LogP contribution in [0.5, 0.6) is 5.75 Å². The van der Waals surface area contributed by atoms with Crippen LogP contribution in [0.3, 0.4) is 0 Å². The normalized spacial score (nSPS) is 12.0. The SMILES string of the molecule is COc1ccc(/C=C/C(=O)O[C@H](C)C(=O)c2ccc(F)cc2)cc1. The summed E-state index contributed by atoms with van der Waals surface area (Å²) >= 11 is 0. The third kappa shape index (κ3) is 4.78. The topological polar surface area (TPSA) is 52.6 Å². The van der Waals surface area contributed by atoms with Crippen LogP contribution in [-0.2, 0) is 9.53 Å². The number of methoxy groups -OCH3 is 1. The Kier molecular flexibility index (Phi) is 5.84. The first-order valence-corrected chi connectivity index (χ1v) is 7.32. The first-order valence-electron chi connectivity index (χ1n) is 7.32. The molecule has 0 aliphatic carbocycles. The standard InChI is InChI=1S/C19H17FO4/c1-13(19(22)15-6-8-16(20)9-7-15)24-18(21)12-5-14-3-10-17(23-2)11-4-14/h3-13H,1-2H3/b12-5+/t13-/m1/s1. The van der Waals surface area contributed by atoms with Gasteiger partial charge in [0, 0.05) is 11.6 Å². The summed E-state index contributed by atoms with van der Waals surface area (Å²) in [5.74, 6) is -0.734. The molecular formula is C19H17FO4. The van der Waals surface area contributed by atoms with Crippen LogP contribution in [0.15, 0.2) is 54.6 Å². The van der Waals surface area contributed by atoms with E-state index in [-0.39, 0.29) is 11.3 Å². The fourth-order valence-corrected chi connectivity index (χ4v) is 2.00. The van der Waals surface area contributed by atoms with E-state index in [1.165, 1.54) is 37.3 Å². The summed E-state index contributed by atoms with van der Waals surface area (Å²) in [6.07, 6.45) is 1.87. The molecular weight excluding hydrogens is 311 g/mol. The molecule has 0 aromatic heterocycles. The number of rotatable bonds is 6. The number of Topliss-reactive ketones (excluding diaryl/α,β-unsaturated/α-hetero) is 1. The highest BCUT2D eigenvalue weighted by Crippen LogP contribution is 2.13. The average molecular weight is 328 g/mol. The summed E-state index contributed by atoms with van der Waals surface area (Å²) in [5, 5.41) is 0. The molecule has 0 N–H and O–H groups in total. The molecule has 2 aromatic carbocycles. The Morgan fingerprint density at radius 3 is 2.25 bits per heavy atom. The van der Waals surface area contributed by atoms with Crippen molar-refractivity contribution in [2.75, 3.05) is 7.11 Å². The van der Waals surface area contributed by atoms with Crippen LogP contribution in [0.4, 0.5) is 4.39 Å². The van der Waals surface area contributed by atoms with Crippen LogP contribution in [0, 0.1) is 5.82 Å². The Hall–Kier alpha value is -2.95. The zero-order valence-electron chi connectivity index (χ0n) is 13.4. The van der Waals surface area contributed by atoms with Crippen molar-refractivity contribution >= 4 is 17.8 Å². The van der Waals surface area contributed by atoms with Crippen LogP contribution in [0.25, 0.3) is 6.08 Å². The number of hydrogen-bond donors (Lipinski definition) is 0. The molecule has 0 fully saturated rings. The Bertz CT molecular complexity index is 733. The maximum Gasteiger partial charge on any atom is 0.331 e. The van der Waals surface area contributed by atoms with E-state index in [0.29, 0.717) is 5.75 Å². The highest BCUT2D eigenvalue weighted by Gasteiger charge is 2.18. The van der Waals surface area contributed by atoms with E-state index in [9.17, 15) is 14.0 Å². The number of halogens is 1. The van der Waals surface area contributed by atoms with Crippen LogP contribution < -0.4 is 4.74 Å². The van der Waals surface area contributed by atoms with Crippen LogP contribution in [-0.4, -0.2) is 25.0 Å². The highest BCUT2D eigenvalue weighted by atomic mass is 19.1. The number of esters is 1. The van der Waals surface area contributed by atoms with Gasteiger partial charge < -0.3 is 9.47 Å². The summed E-state index contributed by atoms with van der Waals surface area (Å²) < 4.78 is 23.0. The van der Waals surface area contributed by atoms with Gasteiger partial charge in [0.1, 0.15) is 11.6 Å². The van der Waals surface area contributed by atoms with Crippen molar-refractivity contribution in [3.63, 3.8) is 0 Å². The van der Waals surface area contributed by atoms with Gasteiger partial charge >= 0.3 is 5.97 Å². The van der Waals surface area contributed by atoms with Gasteiger partial charge in [0.15, 0.2) is 6.10 Å². The van der Waals surface area contributed by atoms with Crippen molar-refractivity contribution in [2.24, 2.45) is 0 Å². The molecule has 24 heavy (non-hydrogen) atoms. The molecule has 0 spiro atoms. The lowest BCUT2D eigenvalue weighted by Crippen LogP contribution is -2.23. The highest BCUT2D eigenvalue weighted by molar-refractivity contribution is 6.01. The number of ether oxygens (including phenoxy) is 2. The summed E-state index contributed by atoms with van der Waals surface area (Å²) in [4.78, 5) is 23.9. The van der Waals surface area contributed by atoms with E-state index in [2.05, 4.69) is 0 Å². The van der Waals surface area contributed by atoms with Gasteiger partial charge in [-0.05, 0) is 55.0 Å². The monoisotopic (exact) mass is 328 g/mol. The zero-order valence-corrected chi connectivity index (χ0v) is 13.4. The van der Waals surface area contributed by atoms with E-state index in [1.807, 2.05) is 0 Å². The van der Waals surface area contributed by atoms with Gasteiger partial charge in [-0.2, -0.15) is 0 Å². The van der Waals surface area contributed by atoms with Gasteiger partial charge in [0.25, 0.3) is 0 Å². The quantitative estimate of drug-likeness (QED) is 0.461. The van der Waals surface area contributed by atoms with E-state index < -0.39 is 17.9 Å². The fourth-order valence-electron chi connectivity index (χ4n) is 2.00. The van der Waals surface area contributed by atoms with Crippen molar-refractivity contribution < 1.29 is 23.5 Å².